The van der Waals surface area contributed by atoms with Crippen molar-refractivity contribution >= 4 is 0 Å². The molecule has 1 fully saturated rings. The molecule has 1 aliphatic rings. The van der Waals surface area contributed by atoms with Gasteiger partial charge in [-0.15, -0.1) is 0 Å². The lowest BCUT2D eigenvalue weighted by Gasteiger charge is -2.30. The largest absolute Gasteiger partial charge is 0.310 e. The second kappa shape index (κ2) is 6.89. The van der Waals surface area contributed by atoms with E-state index in [1.165, 1.54) is 32.1 Å². The molecule has 1 aliphatic carbocycles. The Bertz CT molecular complexity index is 358. The van der Waals surface area contributed by atoms with Gasteiger partial charge in [-0.2, -0.15) is 0 Å². The monoisotopic (exact) mass is 249 g/mol. The second-order valence-corrected chi connectivity index (χ2v) is 5.39. The highest BCUT2D eigenvalue weighted by Gasteiger charge is 2.21. The van der Waals surface area contributed by atoms with Crippen LogP contribution in [0.1, 0.15) is 51.0 Å². The minimum absolute atomic E-state index is 0.0940. The molecule has 0 aromatic heterocycles. The predicted octanol–water partition coefficient (Wildman–Crippen LogP) is 4.27. The fourth-order valence-electron chi connectivity index (χ4n) is 3.06. The molecule has 1 N–H and O–H groups in total. The third kappa shape index (κ3) is 3.55. The first-order valence-corrected chi connectivity index (χ1v) is 7.28. The van der Waals surface area contributed by atoms with E-state index in [1.54, 1.807) is 12.1 Å². The van der Waals surface area contributed by atoms with Gasteiger partial charge in [-0.05, 0) is 31.2 Å². The Labute approximate surface area is 110 Å². The Morgan fingerprint density at radius 1 is 1.22 bits per heavy atom. The number of benzene rings is 1. The molecule has 1 saturated carbocycles. The van der Waals surface area contributed by atoms with Gasteiger partial charge in [0.05, 0.1) is 0 Å². The third-order valence-corrected chi connectivity index (χ3v) is 4.17. The minimum atomic E-state index is -0.0940. The van der Waals surface area contributed by atoms with Crippen LogP contribution in [0.25, 0.3) is 0 Å². The Morgan fingerprint density at radius 3 is 2.61 bits per heavy atom. The van der Waals surface area contributed by atoms with Crippen LogP contribution < -0.4 is 5.32 Å². The van der Waals surface area contributed by atoms with Crippen LogP contribution in [-0.4, -0.2) is 6.04 Å². The minimum Gasteiger partial charge on any atom is -0.310 e. The molecule has 18 heavy (non-hydrogen) atoms. The maximum Gasteiger partial charge on any atom is 0.127 e. The van der Waals surface area contributed by atoms with Gasteiger partial charge in [0, 0.05) is 18.2 Å². The van der Waals surface area contributed by atoms with E-state index in [2.05, 4.69) is 12.2 Å². The number of hydrogen-bond donors (Lipinski definition) is 1. The van der Waals surface area contributed by atoms with Gasteiger partial charge < -0.3 is 5.32 Å². The van der Waals surface area contributed by atoms with E-state index in [0.717, 1.165) is 17.9 Å². The van der Waals surface area contributed by atoms with Gasteiger partial charge in [0.25, 0.3) is 0 Å². The topological polar surface area (TPSA) is 12.0 Å². The lowest BCUT2D eigenvalue weighted by atomic mass is 9.83. The summed E-state index contributed by atoms with van der Waals surface area (Å²) in [6.07, 6.45) is 7.93. The van der Waals surface area contributed by atoms with E-state index < -0.39 is 0 Å². The second-order valence-electron chi connectivity index (χ2n) is 5.39. The average molecular weight is 249 g/mol. The quantitative estimate of drug-likeness (QED) is 0.821. The first-order chi connectivity index (χ1) is 8.81. The van der Waals surface area contributed by atoms with Crippen molar-refractivity contribution in [2.24, 2.45) is 5.92 Å². The van der Waals surface area contributed by atoms with Gasteiger partial charge in [-0.1, -0.05) is 44.4 Å². The fourth-order valence-corrected chi connectivity index (χ4v) is 3.06. The summed E-state index contributed by atoms with van der Waals surface area (Å²) in [7, 11) is 0. The molecule has 1 atom stereocenters. The van der Waals surface area contributed by atoms with Crippen molar-refractivity contribution in [2.45, 2.75) is 58.0 Å². The third-order valence-electron chi connectivity index (χ3n) is 4.17. The molecule has 0 bridgehead atoms. The lowest BCUT2D eigenvalue weighted by Crippen LogP contribution is -2.36. The standard InChI is InChI=1S/C16H24FN/c1-2-16(13-8-4-3-5-9-13)18-12-14-10-6-7-11-15(14)17/h6-7,10-11,13,16,18H,2-5,8-9,12H2,1H3. The zero-order chi connectivity index (χ0) is 12.8. The Hall–Kier alpha value is -0.890. The first-order valence-electron chi connectivity index (χ1n) is 7.28. The molecule has 2 rings (SSSR count). The zero-order valence-corrected chi connectivity index (χ0v) is 11.3. The summed E-state index contributed by atoms with van der Waals surface area (Å²) in [6, 6.07) is 7.61. The zero-order valence-electron chi connectivity index (χ0n) is 11.3. The van der Waals surface area contributed by atoms with Gasteiger partial charge in [0.1, 0.15) is 5.82 Å². The molecule has 100 valence electrons. The Kier molecular flexibility index (Phi) is 5.18. The maximum atomic E-state index is 13.5. The summed E-state index contributed by atoms with van der Waals surface area (Å²) in [6.45, 7) is 2.88. The SMILES string of the molecule is CCC(NCc1ccccc1F)C1CCCCC1. The predicted molar refractivity (Wildman–Crippen MR) is 73.9 cm³/mol. The highest BCUT2D eigenvalue weighted by atomic mass is 19.1. The molecule has 0 radical (unpaired) electrons. The average Bonchev–Trinajstić information content (AvgIpc) is 2.42. The van der Waals surface area contributed by atoms with Crippen LogP contribution in [0, 0.1) is 11.7 Å². The van der Waals surface area contributed by atoms with Gasteiger partial charge in [-0.3, -0.25) is 0 Å². The Morgan fingerprint density at radius 2 is 1.94 bits per heavy atom. The summed E-state index contributed by atoms with van der Waals surface area (Å²) < 4.78 is 13.5. The molecule has 0 amide bonds. The Balaban J connectivity index is 1.88. The molecule has 1 aromatic carbocycles. The molecular weight excluding hydrogens is 225 g/mol. The molecule has 1 aromatic rings. The summed E-state index contributed by atoms with van der Waals surface area (Å²) in [5.74, 6) is 0.694. The normalized spacial score (nSPS) is 18.8. The highest BCUT2D eigenvalue weighted by molar-refractivity contribution is 5.17. The van der Waals surface area contributed by atoms with Crippen molar-refractivity contribution in [3.05, 3.63) is 35.6 Å². The summed E-state index contributed by atoms with van der Waals surface area (Å²) >= 11 is 0. The van der Waals surface area contributed by atoms with Crippen molar-refractivity contribution in [2.75, 3.05) is 0 Å². The van der Waals surface area contributed by atoms with E-state index in [-0.39, 0.29) is 5.82 Å². The summed E-state index contributed by atoms with van der Waals surface area (Å²) in [5, 5.41) is 3.56. The van der Waals surface area contributed by atoms with Crippen molar-refractivity contribution in [1.29, 1.82) is 0 Å². The maximum absolute atomic E-state index is 13.5. The molecular formula is C16H24FN. The van der Waals surface area contributed by atoms with Crippen molar-refractivity contribution in [3.63, 3.8) is 0 Å². The van der Waals surface area contributed by atoms with Crippen LogP contribution in [-0.2, 0) is 6.54 Å². The number of hydrogen-bond acceptors (Lipinski definition) is 1. The molecule has 0 heterocycles. The molecule has 2 heteroatoms. The van der Waals surface area contributed by atoms with Crippen molar-refractivity contribution < 1.29 is 4.39 Å². The number of rotatable bonds is 5. The first kappa shape index (κ1) is 13.5. The molecule has 0 aliphatic heterocycles. The molecule has 1 unspecified atom stereocenters. The van der Waals surface area contributed by atoms with E-state index in [1.807, 2.05) is 12.1 Å². The van der Waals surface area contributed by atoms with Gasteiger partial charge >= 0.3 is 0 Å². The van der Waals surface area contributed by atoms with Gasteiger partial charge in [-0.25, -0.2) is 4.39 Å². The van der Waals surface area contributed by atoms with E-state index in [9.17, 15) is 4.39 Å². The number of nitrogens with one attached hydrogen (secondary N) is 1. The van der Waals surface area contributed by atoms with E-state index in [4.69, 9.17) is 0 Å². The van der Waals surface area contributed by atoms with Crippen LogP contribution in [0.4, 0.5) is 4.39 Å². The lowest BCUT2D eigenvalue weighted by molar-refractivity contribution is 0.261. The molecule has 0 saturated heterocycles. The molecule has 1 nitrogen and oxygen atoms in total. The van der Waals surface area contributed by atoms with E-state index in [0.29, 0.717) is 12.6 Å². The van der Waals surface area contributed by atoms with E-state index >= 15 is 0 Å². The van der Waals surface area contributed by atoms with Crippen molar-refractivity contribution in [1.82, 2.24) is 5.32 Å². The van der Waals surface area contributed by atoms with Gasteiger partial charge in [0.15, 0.2) is 0 Å². The smallest absolute Gasteiger partial charge is 0.127 e. The van der Waals surface area contributed by atoms with Crippen LogP contribution in [0.3, 0.4) is 0 Å². The van der Waals surface area contributed by atoms with Crippen LogP contribution in [0.15, 0.2) is 24.3 Å². The van der Waals surface area contributed by atoms with Crippen LogP contribution in [0.5, 0.6) is 0 Å². The summed E-state index contributed by atoms with van der Waals surface area (Å²) in [4.78, 5) is 0. The molecule has 0 spiro atoms. The van der Waals surface area contributed by atoms with Crippen molar-refractivity contribution in [3.8, 4) is 0 Å². The summed E-state index contributed by atoms with van der Waals surface area (Å²) in [5.41, 5.74) is 0.784. The number of halogens is 1. The van der Waals surface area contributed by atoms with Crippen LogP contribution in [0.2, 0.25) is 0 Å². The highest BCUT2D eigenvalue weighted by Crippen LogP contribution is 2.27. The fraction of sp³-hybridized carbons (Fsp3) is 0.625. The van der Waals surface area contributed by atoms with Crippen LogP contribution >= 0.6 is 0 Å². The van der Waals surface area contributed by atoms with Gasteiger partial charge in [0.2, 0.25) is 0 Å².